The van der Waals surface area contributed by atoms with Gasteiger partial charge in [0.1, 0.15) is 5.75 Å². The van der Waals surface area contributed by atoms with E-state index in [1.165, 1.54) is 0 Å². The van der Waals surface area contributed by atoms with Crippen molar-refractivity contribution in [2.75, 3.05) is 11.9 Å². The average molecular weight is 350 g/mol. The molecule has 3 heteroatoms. The van der Waals surface area contributed by atoms with E-state index in [1.54, 1.807) is 0 Å². The molecule has 0 aromatic heterocycles. The van der Waals surface area contributed by atoms with Crippen LogP contribution in [0.25, 0.3) is 0 Å². The van der Waals surface area contributed by atoms with E-state index in [0.29, 0.717) is 11.8 Å². The fourth-order valence-corrected chi connectivity index (χ4v) is 2.78. The van der Waals surface area contributed by atoms with Gasteiger partial charge in [-0.3, -0.25) is 0 Å². The van der Waals surface area contributed by atoms with Crippen molar-refractivity contribution in [3.8, 4) is 5.75 Å². The maximum Gasteiger partial charge on any atom is 0.119 e. The summed E-state index contributed by atoms with van der Waals surface area (Å²) in [5, 5.41) is 1.05. The highest BCUT2D eigenvalue weighted by Gasteiger charge is 2.11. The third-order valence-corrected chi connectivity index (χ3v) is 4.07. The molecule has 0 aliphatic rings. The molecular formula is C13H18Br2O. The Balaban J connectivity index is 2.32. The van der Waals surface area contributed by atoms with Crippen LogP contribution in [0.2, 0.25) is 0 Å². The highest BCUT2D eigenvalue weighted by atomic mass is 79.9. The molecule has 1 unspecified atom stereocenters. The minimum absolute atomic E-state index is 0.690. The normalized spacial score (nSPS) is 12.8. The minimum Gasteiger partial charge on any atom is -0.494 e. The van der Waals surface area contributed by atoms with Crippen molar-refractivity contribution in [2.24, 2.45) is 11.8 Å². The van der Waals surface area contributed by atoms with Crippen LogP contribution in [0.1, 0.15) is 20.3 Å². The Morgan fingerprint density at radius 3 is 2.31 bits per heavy atom. The number of hydrogen-bond acceptors (Lipinski definition) is 1. The van der Waals surface area contributed by atoms with Crippen LogP contribution >= 0.6 is 31.9 Å². The van der Waals surface area contributed by atoms with Crippen LogP contribution < -0.4 is 4.74 Å². The number of hydrogen-bond donors (Lipinski definition) is 0. The van der Waals surface area contributed by atoms with Crippen LogP contribution in [0, 0.1) is 11.8 Å². The van der Waals surface area contributed by atoms with Gasteiger partial charge < -0.3 is 4.74 Å². The Bertz CT molecular complexity index is 295. The first-order valence-electron chi connectivity index (χ1n) is 5.57. The molecule has 0 spiro atoms. The van der Waals surface area contributed by atoms with Gasteiger partial charge in [0.25, 0.3) is 0 Å². The average Bonchev–Trinajstić information content (AvgIpc) is 2.26. The Hall–Kier alpha value is -0.0200. The second-order valence-electron chi connectivity index (χ2n) is 4.25. The van der Waals surface area contributed by atoms with Crippen LogP contribution in [0.5, 0.6) is 5.75 Å². The SMILES string of the molecule is CC(C)C(CBr)CCOc1ccc(Br)cc1. The molecule has 0 amide bonds. The lowest BCUT2D eigenvalue weighted by molar-refractivity contribution is 0.262. The van der Waals surface area contributed by atoms with Gasteiger partial charge in [-0.2, -0.15) is 0 Å². The summed E-state index contributed by atoms with van der Waals surface area (Å²) in [4.78, 5) is 0. The van der Waals surface area contributed by atoms with Crippen molar-refractivity contribution in [3.63, 3.8) is 0 Å². The molecule has 0 heterocycles. The summed E-state index contributed by atoms with van der Waals surface area (Å²) >= 11 is 6.96. The quantitative estimate of drug-likeness (QED) is 0.664. The first-order valence-corrected chi connectivity index (χ1v) is 7.49. The first kappa shape index (κ1) is 14.0. The third-order valence-electron chi connectivity index (χ3n) is 2.71. The van der Waals surface area contributed by atoms with Gasteiger partial charge in [0, 0.05) is 9.80 Å². The largest absolute Gasteiger partial charge is 0.494 e. The summed E-state index contributed by atoms with van der Waals surface area (Å²) in [6.45, 7) is 5.30. The number of rotatable bonds is 6. The van der Waals surface area contributed by atoms with Gasteiger partial charge in [-0.15, -0.1) is 0 Å². The van der Waals surface area contributed by atoms with E-state index in [-0.39, 0.29) is 0 Å². The minimum atomic E-state index is 0.690. The summed E-state index contributed by atoms with van der Waals surface area (Å²) in [5.74, 6) is 2.34. The van der Waals surface area contributed by atoms with Gasteiger partial charge in [0.15, 0.2) is 0 Å². The molecule has 1 nitrogen and oxygen atoms in total. The molecule has 16 heavy (non-hydrogen) atoms. The van der Waals surface area contributed by atoms with E-state index in [9.17, 15) is 0 Å². The zero-order valence-corrected chi connectivity index (χ0v) is 12.9. The van der Waals surface area contributed by atoms with Crippen molar-refractivity contribution < 1.29 is 4.74 Å². The monoisotopic (exact) mass is 348 g/mol. The Morgan fingerprint density at radius 2 is 1.81 bits per heavy atom. The predicted molar refractivity (Wildman–Crippen MR) is 76.4 cm³/mol. The van der Waals surface area contributed by atoms with Crippen molar-refractivity contribution >= 4 is 31.9 Å². The van der Waals surface area contributed by atoms with E-state index in [0.717, 1.165) is 28.6 Å². The van der Waals surface area contributed by atoms with E-state index in [1.807, 2.05) is 24.3 Å². The summed E-state index contributed by atoms with van der Waals surface area (Å²) in [7, 11) is 0. The molecule has 0 saturated heterocycles. The molecule has 0 aliphatic heterocycles. The van der Waals surface area contributed by atoms with E-state index in [4.69, 9.17) is 4.74 Å². The van der Waals surface area contributed by atoms with Crippen LogP contribution in [-0.4, -0.2) is 11.9 Å². The summed E-state index contributed by atoms with van der Waals surface area (Å²) in [6.07, 6.45) is 1.10. The zero-order chi connectivity index (χ0) is 12.0. The fraction of sp³-hybridized carbons (Fsp3) is 0.538. The van der Waals surface area contributed by atoms with Gasteiger partial charge in [-0.25, -0.2) is 0 Å². The standard InChI is InChI=1S/C13H18Br2O/c1-10(2)11(9-14)7-8-16-13-5-3-12(15)4-6-13/h3-6,10-11H,7-9H2,1-2H3. The van der Waals surface area contributed by atoms with Crippen molar-refractivity contribution in [1.29, 1.82) is 0 Å². The van der Waals surface area contributed by atoms with Gasteiger partial charge in [-0.05, 0) is 42.5 Å². The molecule has 0 aliphatic carbocycles. The molecule has 1 aromatic rings. The topological polar surface area (TPSA) is 9.23 Å². The molecule has 1 aromatic carbocycles. The second kappa shape index (κ2) is 7.33. The smallest absolute Gasteiger partial charge is 0.119 e. The predicted octanol–water partition coefficient (Wildman–Crippen LogP) is 4.89. The lowest BCUT2D eigenvalue weighted by atomic mass is 9.95. The Kier molecular flexibility index (Phi) is 6.44. The van der Waals surface area contributed by atoms with Gasteiger partial charge in [-0.1, -0.05) is 45.7 Å². The lowest BCUT2D eigenvalue weighted by Crippen LogP contribution is -2.14. The fourth-order valence-electron chi connectivity index (χ4n) is 1.45. The van der Waals surface area contributed by atoms with Crippen molar-refractivity contribution in [2.45, 2.75) is 20.3 Å². The molecule has 0 bridgehead atoms. The highest BCUT2D eigenvalue weighted by Crippen LogP contribution is 2.20. The highest BCUT2D eigenvalue weighted by molar-refractivity contribution is 9.10. The molecule has 1 atom stereocenters. The molecule has 0 radical (unpaired) electrons. The molecule has 90 valence electrons. The molecule has 0 saturated carbocycles. The van der Waals surface area contributed by atoms with Gasteiger partial charge in [0.05, 0.1) is 6.61 Å². The molecular weight excluding hydrogens is 332 g/mol. The maximum atomic E-state index is 5.70. The zero-order valence-electron chi connectivity index (χ0n) is 9.75. The van der Waals surface area contributed by atoms with E-state index in [2.05, 4.69) is 45.7 Å². The van der Waals surface area contributed by atoms with Gasteiger partial charge >= 0.3 is 0 Å². The Labute approximate surface area is 115 Å². The van der Waals surface area contributed by atoms with Crippen LogP contribution in [0.4, 0.5) is 0 Å². The lowest BCUT2D eigenvalue weighted by Gasteiger charge is -2.18. The van der Waals surface area contributed by atoms with E-state index >= 15 is 0 Å². The maximum absolute atomic E-state index is 5.70. The van der Waals surface area contributed by atoms with Crippen LogP contribution in [0.3, 0.4) is 0 Å². The molecule has 0 N–H and O–H groups in total. The third kappa shape index (κ3) is 4.88. The summed E-state index contributed by atoms with van der Waals surface area (Å²) in [5.41, 5.74) is 0. The van der Waals surface area contributed by atoms with Crippen LogP contribution in [-0.2, 0) is 0 Å². The number of ether oxygens (including phenoxy) is 1. The summed E-state index contributed by atoms with van der Waals surface area (Å²) < 4.78 is 6.79. The number of alkyl halides is 1. The summed E-state index contributed by atoms with van der Waals surface area (Å²) in [6, 6.07) is 7.98. The van der Waals surface area contributed by atoms with Gasteiger partial charge in [0.2, 0.25) is 0 Å². The second-order valence-corrected chi connectivity index (χ2v) is 5.81. The Morgan fingerprint density at radius 1 is 1.19 bits per heavy atom. The first-order chi connectivity index (χ1) is 7.63. The molecule has 1 rings (SSSR count). The number of halogens is 2. The van der Waals surface area contributed by atoms with E-state index < -0.39 is 0 Å². The van der Waals surface area contributed by atoms with Crippen molar-refractivity contribution in [1.82, 2.24) is 0 Å². The molecule has 0 fully saturated rings. The van der Waals surface area contributed by atoms with Crippen LogP contribution in [0.15, 0.2) is 28.7 Å². The number of benzene rings is 1. The van der Waals surface area contributed by atoms with Crippen molar-refractivity contribution in [3.05, 3.63) is 28.7 Å².